The molecule has 0 unspecified atom stereocenters. The first-order chi connectivity index (χ1) is 5.33. The summed E-state index contributed by atoms with van der Waals surface area (Å²) in [4.78, 5) is 3.86. The van der Waals surface area contributed by atoms with E-state index in [9.17, 15) is 0 Å². The van der Waals surface area contributed by atoms with Crippen LogP contribution in [0.4, 0.5) is 5.82 Å². The molecule has 3 nitrogen and oxygen atoms in total. The van der Waals surface area contributed by atoms with Gasteiger partial charge in [-0.3, -0.25) is 0 Å². The third-order valence-corrected chi connectivity index (χ3v) is 1.25. The average molecular weight is 149 g/mol. The van der Waals surface area contributed by atoms with Crippen molar-refractivity contribution in [2.45, 2.75) is 0 Å². The second-order valence-electron chi connectivity index (χ2n) is 2.15. The molecule has 1 rings (SSSR count). The molecule has 1 heterocycles. The number of hydrogen-bond acceptors (Lipinski definition) is 3. The van der Waals surface area contributed by atoms with E-state index in [1.807, 2.05) is 18.2 Å². The summed E-state index contributed by atoms with van der Waals surface area (Å²) in [7, 11) is 0. The number of anilines is 1. The highest BCUT2D eigenvalue weighted by Crippen LogP contribution is 2.03. The molecule has 3 heteroatoms. The van der Waals surface area contributed by atoms with Crippen molar-refractivity contribution in [3.8, 4) is 0 Å². The van der Waals surface area contributed by atoms with E-state index in [0.29, 0.717) is 12.4 Å². The molecule has 0 spiro atoms. The van der Waals surface area contributed by atoms with E-state index < -0.39 is 0 Å². The maximum atomic E-state index is 5.45. The van der Waals surface area contributed by atoms with Gasteiger partial charge in [-0.25, -0.2) is 4.98 Å². The Kier molecular flexibility index (Phi) is 2.63. The Morgan fingerprint density at radius 3 is 3.00 bits per heavy atom. The fourth-order valence-electron chi connectivity index (χ4n) is 0.773. The summed E-state index contributed by atoms with van der Waals surface area (Å²) in [6, 6.07) is 3.68. The van der Waals surface area contributed by atoms with E-state index in [0.717, 1.165) is 5.56 Å². The fraction of sp³-hybridized carbons (Fsp3) is 0.125. The van der Waals surface area contributed by atoms with E-state index in [2.05, 4.69) is 4.98 Å². The van der Waals surface area contributed by atoms with Gasteiger partial charge in [-0.15, -0.1) is 0 Å². The monoisotopic (exact) mass is 149 g/mol. The van der Waals surface area contributed by atoms with Gasteiger partial charge in [0.25, 0.3) is 0 Å². The van der Waals surface area contributed by atoms with Crippen molar-refractivity contribution in [3.63, 3.8) is 0 Å². The lowest BCUT2D eigenvalue weighted by Gasteiger charge is -1.93. The molecule has 0 saturated carbocycles. The van der Waals surface area contributed by atoms with Crippen molar-refractivity contribution in [2.75, 3.05) is 12.3 Å². The Bertz CT molecular complexity index is 255. The van der Waals surface area contributed by atoms with Gasteiger partial charge in [0.15, 0.2) is 0 Å². The molecular formula is C8H11N3. The summed E-state index contributed by atoms with van der Waals surface area (Å²) in [5.41, 5.74) is 11.8. The van der Waals surface area contributed by atoms with Gasteiger partial charge in [0.2, 0.25) is 0 Å². The highest BCUT2D eigenvalue weighted by Gasteiger charge is 1.86. The summed E-state index contributed by atoms with van der Waals surface area (Å²) >= 11 is 0. The van der Waals surface area contributed by atoms with E-state index in [1.165, 1.54) is 0 Å². The third kappa shape index (κ3) is 2.39. The van der Waals surface area contributed by atoms with E-state index in [4.69, 9.17) is 11.5 Å². The quantitative estimate of drug-likeness (QED) is 0.648. The van der Waals surface area contributed by atoms with Gasteiger partial charge >= 0.3 is 0 Å². The van der Waals surface area contributed by atoms with Crippen LogP contribution >= 0.6 is 0 Å². The van der Waals surface area contributed by atoms with Gasteiger partial charge in [-0.1, -0.05) is 12.2 Å². The molecule has 58 valence electrons. The van der Waals surface area contributed by atoms with Crippen molar-refractivity contribution in [1.29, 1.82) is 0 Å². The van der Waals surface area contributed by atoms with Gasteiger partial charge in [0, 0.05) is 12.7 Å². The van der Waals surface area contributed by atoms with Gasteiger partial charge in [0.05, 0.1) is 0 Å². The van der Waals surface area contributed by atoms with Crippen LogP contribution in [-0.4, -0.2) is 11.5 Å². The van der Waals surface area contributed by atoms with Crippen molar-refractivity contribution in [1.82, 2.24) is 4.98 Å². The summed E-state index contributed by atoms with van der Waals surface area (Å²) in [6.07, 6.45) is 5.46. The highest BCUT2D eigenvalue weighted by atomic mass is 14.8. The minimum Gasteiger partial charge on any atom is -0.384 e. The Morgan fingerprint density at radius 1 is 1.55 bits per heavy atom. The lowest BCUT2D eigenvalue weighted by Crippen LogP contribution is -1.92. The molecule has 1 aromatic heterocycles. The first-order valence-electron chi connectivity index (χ1n) is 3.41. The van der Waals surface area contributed by atoms with Crippen molar-refractivity contribution in [2.24, 2.45) is 5.73 Å². The number of rotatable bonds is 2. The summed E-state index contributed by atoms with van der Waals surface area (Å²) in [5, 5.41) is 0. The number of nitrogen functional groups attached to an aromatic ring is 1. The third-order valence-electron chi connectivity index (χ3n) is 1.25. The summed E-state index contributed by atoms with van der Waals surface area (Å²) < 4.78 is 0. The van der Waals surface area contributed by atoms with Crippen LogP contribution in [0, 0.1) is 0 Å². The maximum Gasteiger partial charge on any atom is 0.123 e. The zero-order valence-electron chi connectivity index (χ0n) is 6.20. The van der Waals surface area contributed by atoms with Crippen LogP contribution in [0.25, 0.3) is 6.08 Å². The Labute approximate surface area is 65.7 Å². The molecule has 0 aromatic carbocycles. The number of nitrogens with zero attached hydrogens (tertiary/aromatic N) is 1. The highest BCUT2D eigenvalue weighted by molar-refractivity contribution is 5.52. The molecule has 0 amide bonds. The first-order valence-corrected chi connectivity index (χ1v) is 3.41. The van der Waals surface area contributed by atoms with Gasteiger partial charge < -0.3 is 11.5 Å². The molecule has 0 radical (unpaired) electrons. The van der Waals surface area contributed by atoms with Crippen molar-refractivity contribution >= 4 is 11.9 Å². The minimum absolute atomic E-state index is 0.532. The zero-order valence-corrected chi connectivity index (χ0v) is 6.20. The second-order valence-corrected chi connectivity index (χ2v) is 2.15. The molecule has 0 bridgehead atoms. The molecule has 0 aliphatic heterocycles. The topological polar surface area (TPSA) is 64.9 Å². The predicted molar refractivity (Wildman–Crippen MR) is 46.7 cm³/mol. The molecule has 4 N–H and O–H groups in total. The predicted octanol–water partition coefficient (Wildman–Crippen LogP) is 0.636. The Morgan fingerprint density at radius 2 is 2.36 bits per heavy atom. The molecular weight excluding hydrogens is 138 g/mol. The van der Waals surface area contributed by atoms with Crippen LogP contribution < -0.4 is 11.5 Å². The fourth-order valence-corrected chi connectivity index (χ4v) is 0.773. The maximum absolute atomic E-state index is 5.45. The number of aromatic nitrogens is 1. The van der Waals surface area contributed by atoms with E-state index >= 15 is 0 Å². The largest absolute Gasteiger partial charge is 0.384 e. The van der Waals surface area contributed by atoms with Gasteiger partial charge in [0.1, 0.15) is 5.82 Å². The number of hydrogen-bond donors (Lipinski definition) is 2. The lowest BCUT2D eigenvalue weighted by atomic mass is 10.2. The lowest BCUT2D eigenvalue weighted by molar-refractivity contribution is 1.26. The van der Waals surface area contributed by atoms with Crippen molar-refractivity contribution in [3.05, 3.63) is 30.0 Å². The Balaban J connectivity index is 2.79. The average Bonchev–Trinajstić information content (AvgIpc) is 2.01. The summed E-state index contributed by atoms with van der Waals surface area (Å²) in [5.74, 6) is 0.532. The molecule has 0 aliphatic rings. The van der Waals surface area contributed by atoms with E-state index in [-0.39, 0.29) is 0 Å². The molecule has 0 aliphatic carbocycles. The minimum atomic E-state index is 0.532. The summed E-state index contributed by atoms with van der Waals surface area (Å²) in [6.45, 7) is 0.544. The number of nitrogens with two attached hydrogens (primary N) is 2. The molecule has 11 heavy (non-hydrogen) atoms. The van der Waals surface area contributed by atoms with Crippen LogP contribution in [0.2, 0.25) is 0 Å². The molecule has 0 atom stereocenters. The first kappa shape index (κ1) is 7.75. The number of pyridine rings is 1. The van der Waals surface area contributed by atoms with Crippen LogP contribution in [0.3, 0.4) is 0 Å². The van der Waals surface area contributed by atoms with Gasteiger partial charge in [-0.05, 0) is 17.7 Å². The normalized spacial score (nSPS) is 10.6. The molecule has 0 saturated heterocycles. The molecule has 0 fully saturated rings. The SMILES string of the molecule is NCC=Cc1ccnc(N)c1. The van der Waals surface area contributed by atoms with Crippen molar-refractivity contribution < 1.29 is 0 Å². The van der Waals surface area contributed by atoms with Crippen LogP contribution in [-0.2, 0) is 0 Å². The van der Waals surface area contributed by atoms with Crippen LogP contribution in [0.15, 0.2) is 24.4 Å². The second kappa shape index (κ2) is 3.73. The zero-order chi connectivity index (χ0) is 8.10. The van der Waals surface area contributed by atoms with Crippen LogP contribution in [0.5, 0.6) is 0 Å². The molecule has 1 aromatic rings. The smallest absolute Gasteiger partial charge is 0.123 e. The standard InChI is InChI=1S/C8H11N3/c9-4-1-2-7-3-5-11-8(10)6-7/h1-3,5-6H,4,9H2,(H2,10,11). The Hall–Kier alpha value is -1.35. The van der Waals surface area contributed by atoms with Gasteiger partial charge in [-0.2, -0.15) is 0 Å². The van der Waals surface area contributed by atoms with E-state index in [1.54, 1.807) is 12.3 Å². The van der Waals surface area contributed by atoms with Crippen LogP contribution in [0.1, 0.15) is 5.56 Å².